The Bertz CT molecular complexity index is 868. The second kappa shape index (κ2) is 7.67. The van der Waals surface area contributed by atoms with Crippen molar-refractivity contribution in [1.82, 2.24) is 4.90 Å². The summed E-state index contributed by atoms with van der Waals surface area (Å²) < 4.78 is 0.878. The zero-order chi connectivity index (χ0) is 17.8. The van der Waals surface area contributed by atoms with Crippen LogP contribution in [0.3, 0.4) is 0 Å². The van der Waals surface area contributed by atoms with Crippen molar-refractivity contribution in [2.24, 2.45) is 0 Å². The first-order valence-electron chi connectivity index (χ1n) is 7.39. The second-order valence-corrected chi connectivity index (χ2v) is 7.15. The molecule has 0 aromatic heterocycles. The monoisotopic (exact) mass is 416 g/mol. The molecule has 2 aromatic carbocycles. The van der Waals surface area contributed by atoms with Crippen molar-refractivity contribution in [3.05, 3.63) is 69.5 Å². The summed E-state index contributed by atoms with van der Waals surface area (Å²) in [5.74, 6) is -0.879. The zero-order valence-electron chi connectivity index (χ0n) is 12.9. The van der Waals surface area contributed by atoms with Crippen molar-refractivity contribution in [3.8, 4) is 0 Å². The molecule has 1 fully saturated rings. The van der Waals surface area contributed by atoms with Crippen LogP contribution in [0.2, 0.25) is 0 Å². The highest BCUT2D eigenvalue weighted by atomic mass is 79.9. The number of nitrogens with zero attached hydrogens (tertiary/aromatic N) is 1. The number of nitrogens with one attached hydrogen (secondary N) is 1. The Morgan fingerprint density at radius 2 is 1.88 bits per heavy atom. The highest BCUT2D eigenvalue weighted by Crippen LogP contribution is 2.32. The summed E-state index contributed by atoms with van der Waals surface area (Å²) in [6.07, 6.45) is 1.64. The number of amides is 3. The van der Waals surface area contributed by atoms with E-state index in [1.165, 1.54) is 0 Å². The number of benzene rings is 2. The van der Waals surface area contributed by atoms with E-state index >= 15 is 0 Å². The van der Waals surface area contributed by atoms with Gasteiger partial charge in [0, 0.05) is 10.2 Å². The van der Waals surface area contributed by atoms with Gasteiger partial charge in [0.15, 0.2) is 0 Å². The van der Waals surface area contributed by atoms with E-state index in [0.717, 1.165) is 26.7 Å². The number of hydrogen-bond donors (Lipinski definition) is 1. The predicted molar refractivity (Wildman–Crippen MR) is 102 cm³/mol. The largest absolute Gasteiger partial charge is 0.325 e. The van der Waals surface area contributed by atoms with Gasteiger partial charge in [0.1, 0.15) is 6.54 Å². The Hall–Kier alpha value is -2.38. The first-order chi connectivity index (χ1) is 12.0. The average molecular weight is 417 g/mol. The molecule has 7 heteroatoms. The Balaban J connectivity index is 1.70. The molecule has 0 bridgehead atoms. The van der Waals surface area contributed by atoms with E-state index in [-0.39, 0.29) is 6.54 Å². The van der Waals surface area contributed by atoms with Crippen LogP contribution in [0.15, 0.2) is 64.0 Å². The summed E-state index contributed by atoms with van der Waals surface area (Å²) in [5.41, 5.74) is 1.41. The fraction of sp³-hybridized carbons (Fsp3) is 0.0556. The Labute approximate surface area is 157 Å². The quantitative estimate of drug-likeness (QED) is 0.760. The molecule has 5 nitrogen and oxygen atoms in total. The van der Waals surface area contributed by atoms with Crippen LogP contribution in [0.4, 0.5) is 10.5 Å². The van der Waals surface area contributed by atoms with Gasteiger partial charge in [-0.2, -0.15) is 0 Å². The standard InChI is InChI=1S/C18H13BrN2O3S/c19-13-6-4-5-12(9-13)10-15-17(23)21(18(24)25-15)11-16(22)20-14-7-2-1-3-8-14/h1-10H,11H2,(H,20,22)/b15-10+. The Morgan fingerprint density at radius 1 is 1.12 bits per heavy atom. The third kappa shape index (κ3) is 4.37. The molecule has 0 unspecified atom stereocenters. The molecule has 0 spiro atoms. The summed E-state index contributed by atoms with van der Waals surface area (Å²) in [6, 6.07) is 16.3. The maximum Gasteiger partial charge on any atom is 0.294 e. The molecule has 25 heavy (non-hydrogen) atoms. The van der Waals surface area contributed by atoms with Crippen LogP contribution in [-0.4, -0.2) is 28.5 Å². The number of imide groups is 1. The minimum Gasteiger partial charge on any atom is -0.325 e. The number of carbonyl (C=O) groups excluding carboxylic acids is 3. The van der Waals surface area contributed by atoms with E-state index < -0.39 is 17.1 Å². The van der Waals surface area contributed by atoms with Gasteiger partial charge in [-0.3, -0.25) is 19.3 Å². The lowest BCUT2D eigenvalue weighted by Gasteiger charge is -2.12. The highest BCUT2D eigenvalue weighted by Gasteiger charge is 2.36. The number of hydrogen-bond acceptors (Lipinski definition) is 4. The van der Waals surface area contributed by atoms with Crippen molar-refractivity contribution in [1.29, 1.82) is 0 Å². The molecule has 0 saturated carbocycles. The number of carbonyl (C=O) groups is 3. The molecule has 1 saturated heterocycles. The van der Waals surface area contributed by atoms with Gasteiger partial charge in [0.05, 0.1) is 4.91 Å². The van der Waals surface area contributed by atoms with Crippen LogP contribution in [-0.2, 0) is 9.59 Å². The van der Waals surface area contributed by atoms with Crippen LogP contribution in [0.1, 0.15) is 5.56 Å². The average Bonchev–Trinajstić information content (AvgIpc) is 2.83. The van der Waals surface area contributed by atoms with Gasteiger partial charge in [-0.05, 0) is 47.7 Å². The lowest BCUT2D eigenvalue weighted by molar-refractivity contribution is -0.127. The van der Waals surface area contributed by atoms with Crippen molar-refractivity contribution < 1.29 is 14.4 Å². The van der Waals surface area contributed by atoms with Crippen molar-refractivity contribution >= 4 is 56.5 Å². The molecule has 1 heterocycles. The number of anilines is 1. The van der Waals surface area contributed by atoms with Crippen LogP contribution in [0.25, 0.3) is 6.08 Å². The van der Waals surface area contributed by atoms with E-state index in [1.807, 2.05) is 30.3 Å². The molecule has 2 aromatic rings. The molecule has 0 aliphatic carbocycles. The van der Waals surface area contributed by atoms with Gasteiger partial charge < -0.3 is 5.32 Å². The van der Waals surface area contributed by atoms with E-state index in [9.17, 15) is 14.4 Å². The Kier molecular flexibility index (Phi) is 5.35. The van der Waals surface area contributed by atoms with Crippen LogP contribution >= 0.6 is 27.7 Å². The number of thioether (sulfide) groups is 1. The molecular formula is C18H13BrN2O3S. The van der Waals surface area contributed by atoms with Gasteiger partial charge in [0.2, 0.25) is 5.91 Å². The first-order valence-corrected chi connectivity index (χ1v) is 9.00. The van der Waals surface area contributed by atoms with Gasteiger partial charge in [-0.15, -0.1) is 0 Å². The van der Waals surface area contributed by atoms with Crippen molar-refractivity contribution in [2.75, 3.05) is 11.9 Å². The molecule has 3 amide bonds. The number of halogens is 1. The van der Waals surface area contributed by atoms with Gasteiger partial charge >= 0.3 is 0 Å². The molecule has 0 radical (unpaired) electrons. The van der Waals surface area contributed by atoms with Gasteiger partial charge in [0.25, 0.3) is 11.1 Å². The zero-order valence-corrected chi connectivity index (χ0v) is 15.3. The minimum absolute atomic E-state index is 0.301. The topological polar surface area (TPSA) is 66.5 Å². The van der Waals surface area contributed by atoms with E-state index in [2.05, 4.69) is 21.2 Å². The van der Waals surface area contributed by atoms with E-state index in [1.54, 1.807) is 30.3 Å². The van der Waals surface area contributed by atoms with Crippen LogP contribution < -0.4 is 5.32 Å². The molecule has 126 valence electrons. The third-order valence-electron chi connectivity index (χ3n) is 3.38. The van der Waals surface area contributed by atoms with Crippen LogP contribution in [0.5, 0.6) is 0 Å². The second-order valence-electron chi connectivity index (χ2n) is 5.24. The smallest absolute Gasteiger partial charge is 0.294 e. The van der Waals surface area contributed by atoms with Gasteiger partial charge in [-0.25, -0.2) is 0 Å². The summed E-state index contributed by atoms with van der Waals surface area (Å²) in [5, 5.41) is 2.21. The highest BCUT2D eigenvalue weighted by molar-refractivity contribution is 9.10. The fourth-order valence-electron chi connectivity index (χ4n) is 2.25. The maximum absolute atomic E-state index is 12.4. The van der Waals surface area contributed by atoms with E-state index in [0.29, 0.717) is 10.6 Å². The normalized spacial score (nSPS) is 15.7. The third-order valence-corrected chi connectivity index (χ3v) is 4.78. The molecule has 1 N–H and O–H groups in total. The molecular weight excluding hydrogens is 404 g/mol. The number of rotatable bonds is 4. The lowest BCUT2D eigenvalue weighted by Crippen LogP contribution is -2.36. The maximum atomic E-state index is 12.4. The van der Waals surface area contributed by atoms with Crippen LogP contribution in [0, 0.1) is 0 Å². The summed E-state index contributed by atoms with van der Waals surface area (Å²) in [7, 11) is 0. The first kappa shape index (κ1) is 17.4. The van der Waals surface area contributed by atoms with E-state index in [4.69, 9.17) is 0 Å². The van der Waals surface area contributed by atoms with Crippen molar-refractivity contribution in [2.45, 2.75) is 0 Å². The molecule has 1 aliphatic heterocycles. The summed E-state index contributed by atoms with van der Waals surface area (Å²) >= 11 is 4.20. The molecule has 1 aliphatic rings. The predicted octanol–water partition coefficient (Wildman–Crippen LogP) is 4.12. The lowest BCUT2D eigenvalue weighted by atomic mass is 10.2. The molecule has 3 rings (SSSR count). The van der Waals surface area contributed by atoms with Gasteiger partial charge in [-0.1, -0.05) is 46.3 Å². The summed E-state index contributed by atoms with van der Waals surface area (Å²) in [4.78, 5) is 37.8. The Morgan fingerprint density at radius 3 is 2.60 bits per heavy atom. The van der Waals surface area contributed by atoms with Crippen molar-refractivity contribution in [3.63, 3.8) is 0 Å². The summed E-state index contributed by atoms with van der Waals surface area (Å²) in [6.45, 7) is -0.310. The number of para-hydroxylation sites is 1. The molecule has 0 atom stereocenters. The SMILES string of the molecule is O=C(CN1C(=O)S/C(=C/c2cccc(Br)c2)C1=O)Nc1ccccc1. The fourth-order valence-corrected chi connectivity index (χ4v) is 3.50. The minimum atomic E-state index is -0.460.